The first kappa shape index (κ1) is 24.7. The Balaban J connectivity index is 1.39. The molecule has 2 aromatic carbocycles. The van der Waals surface area contributed by atoms with Crippen LogP contribution in [0.2, 0.25) is 0 Å². The lowest BCUT2D eigenvalue weighted by Gasteiger charge is -2.34. The average molecular weight is 507 g/mol. The highest BCUT2D eigenvalue weighted by atomic mass is 32.2. The maximum atomic E-state index is 13.8. The average Bonchev–Trinajstić information content (AvgIpc) is 3.33. The van der Waals surface area contributed by atoms with Gasteiger partial charge in [-0.15, -0.1) is 0 Å². The fraction of sp³-hybridized carbons (Fsp3) is 0.538. The van der Waals surface area contributed by atoms with E-state index in [9.17, 15) is 13.2 Å². The number of fused-ring (bicyclic) bond motifs is 2. The van der Waals surface area contributed by atoms with Gasteiger partial charge in [0.1, 0.15) is 0 Å². The molecule has 0 spiro atoms. The van der Waals surface area contributed by atoms with Gasteiger partial charge < -0.3 is 25.6 Å². The number of rotatable bonds is 6. The van der Waals surface area contributed by atoms with Gasteiger partial charge in [0.05, 0.1) is 11.7 Å². The number of ether oxygens (including phenoxy) is 1. The molecule has 0 radical (unpaired) electrons. The maximum absolute atomic E-state index is 13.8. The number of anilines is 2. The molecule has 3 heterocycles. The van der Waals surface area contributed by atoms with Gasteiger partial charge in [-0.3, -0.25) is 0 Å². The lowest BCUT2D eigenvalue weighted by atomic mass is 9.98. The lowest BCUT2D eigenvalue weighted by Crippen LogP contribution is -2.41. The number of likely N-dealkylation sites (tertiary alicyclic amines) is 1. The molecule has 0 bridgehead atoms. The quantitative estimate of drug-likeness (QED) is 0.500. The zero-order valence-electron chi connectivity index (χ0n) is 20.0. The lowest BCUT2D eigenvalue weighted by molar-refractivity contribution is -0.137. The third-order valence-electron chi connectivity index (χ3n) is 7.41. The Bertz CT molecular complexity index is 1060. The Labute approximate surface area is 209 Å². The predicted octanol–water partition coefficient (Wildman–Crippen LogP) is 4.82. The van der Waals surface area contributed by atoms with Crippen LogP contribution < -0.4 is 16.0 Å². The summed E-state index contributed by atoms with van der Waals surface area (Å²) < 4.78 is 46.9. The molecule has 0 aliphatic carbocycles. The second-order valence-electron chi connectivity index (χ2n) is 9.71. The molecule has 0 aromatic heterocycles. The van der Waals surface area contributed by atoms with Crippen LogP contribution in [0.4, 0.5) is 24.5 Å². The Hall–Kier alpha value is -1.94. The molecule has 1 unspecified atom stereocenters. The highest BCUT2D eigenvalue weighted by Crippen LogP contribution is 2.46. The Morgan fingerprint density at radius 3 is 2.57 bits per heavy atom. The van der Waals surface area contributed by atoms with Gasteiger partial charge >= 0.3 is 6.18 Å². The molecule has 3 N–H and O–H groups in total. The first-order chi connectivity index (χ1) is 16.8. The minimum atomic E-state index is -4.39. The molecule has 2 aromatic rings. The summed E-state index contributed by atoms with van der Waals surface area (Å²) in [7, 11) is 1.74. The van der Waals surface area contributed by atoms with E-state index >= 15 is 0 Å². The Morgan fingerprint density at radius 2 is 1.89 bits per heavy atom. The summed E-state index contributed by atoms with van der Waals surface area (Å²) in [4.78, 5) is 6.35. The molecule has 9 heteroatoms. The largest absolute Gasteiger partial charge is 0.416 e. The van der Waals surface area contributed by atoms with Crippen LogP contribution in [0.25, 0.3) is 0 Å². The number of hydrogen-bond acceptors (Lipinski definition) is 6. The minimum Gasteiger partial charge on any atom is -0.382 e. The van der Waals surface area contributed by atoms with Gasteiger partial charge in [0, 0.05) is 80.0 Å². The number of nitrogens with one attached hydrogen (secondary N) is 1. The summed E-state index contributed by atoms with van der Waals surface area (Å²) in [5, 5.41) is 3.49. The maximum Gasteiger partial charge on any atom is 0.416 e. The second kappa shape index (κ2) is 10.2. The number of nitrogens with zero attached hydrogens (tertiary/aromatic N) is 2. The van der Waals surface area contributed by atoms with E-state index in [1.165, 1.54) is 23.9 Å². The molecular weight excluding hydrogens is 473 g/mol. The molecule has 5 nitrogen and oxygen atoms in total. The van der Waals surface area contributed by atoms with Crippen molar-refractivity contribution in [1.82, 2.24) is 4.90 Å². The molecular formula is C26H33F3N4OS. The third-order valence-corrected chi connectivity index (χ3v) is 8.59. The summed E-state index contributed by atoms with van der Waals surface area (Å²) in [6, 6.07) is 9.18. The topological polar surface area (TPSA) is 53.8 Å². The van der Waals surface area contributed by atoms with Crippen LogP contribution >= 0.6 is 11.8 Å². The second-order valence-corrected chi connectivity index (χ2v) is 10.8. The molecule has 3 aliphatic heterocycles. The van der Waals surface area contributed by atoms with Gasteiger partial charge in [0.25, 0.3) is 0 Å². The molecule has 3 aliphatic rings. The summed E-state index contributed by atoms with van der Waals surface area (Å²) in [5.74, 6) is 0. The van der Waals surface area contributed by atoms with Crippen LogP contribution in [-0.2, 0) is 17.3 Å². The van der Waals surface area contributed by atoms with Crippen LogP contribution in [0, 0.1) is 0 Å². The molecule has 2 saturated heterocycles. The van der Waals surface area contributed by atoms with Crippen molar-refractivity contribution in [1.29, 1.82) is 0 Å². The predicted molar refractivity (Wildman–Crippen MR) is 135 cm³/mol. The van der Waals surface area contributed by atoms with Crippen LogP contribution in [0.1, 0.15) is 36.0 Å². The minimum absolute atomic E-state index is 0.161. The number of halogens is 3. The number of methoxy groups -OCH3 is 1. The van der Waals surface area contributed by atoms with Crippen molar-refractivity contribution in [3.8, 4) is 0 Å². The van der Waals surface area contributed by atoms with Crippen LogP contribution in [0.3, 0.4) is 0 Å². The highest BCUT2D eigenvalue weighted by molar-refractivity contribution is 7.99. The van der Waals surface area contributed by atoms with E-state index < -0.39 is 11.7 Å². The molecule has 0 saturated carbocycles. The fourth-order valence-electron chi connectivity index (χ4n) is 5.36. The van der Waals surface area contributed by atoms with E-state index in [-0.39, 0.29) is 12.1 Å². The monoisotopic (exact) mass is 506 g/mol. The van der Waals surface area contributed by atoms with Gasteiger partial charge in [-0.1, -0.05) is 17.8 Å². The number of hydrogen-bond donors (Lipinski definition) is 2. The summed E-state index contributed by atoms with van der Waals surface area (Å²) in [6.07, 6.45) is -0.746. The van der Waals surface area contributed by atoms with E-state index in [1.54, 1.807) is 7.11 Å². The van der Waals surface area contributed by atoms with Gasteiger partial charge in [0.2, 0.25) is 0 Å². The molecule has 5 rings (SSSR count). The van der Waals surface area contributed by atoms with Crippen molar-refractivity contribution in [3.05, 3.63) is 47.0 Å². The van der Waals surface area contributed by atoms with Crippen molar-refractivity contribution >= 4 is 23.1 Å². The van der Waals surface area contributed by atoms with Crippen molar-refractivity contribution in [2.24, 2.45) is 5.73 Å². The van der Waals surface area contributed by atoms with Gasteiger partial charge in [-0.2, -0.15) is 13.2 Å². The number of benzene rings is 2. The zero-order chi connectivity index (χ0) is 24.6. The van der Waals surface area contributed by atoms with Gasteiger partial charge in [-0.05, 0) is 54.7 Å². The summed E-state index contributed by atoms with van der Waals surface area (Å²) in [6.45, 7) is 5.09. The normalized spacial score (nSPS) is 21.2. The van der Waals surface area contributed by atoms with E-state index in [2.05, 4.69) is 33.3 Å². The van der Waals surface area contributed by atoms with Crippen LogP contribution in [0.15, 0.2) is 40.1 Å². The fourth-order valence-corrected chi connectivity index (χ4v) is 6.54. The van der Waals surface area contributed by atoms with Gasteiger partial charge in [0.15, 0.2) is 0 Å². The van der Waals surface area contributed by atoms with E-state index in [1.807, 2.05) is 0 Å². The Kier molecular flexibility index (Phi) is 7.21. The third kappa shape index (κ3) is 5.43. The van der Waals surface area contributed by atoms with Crippen molar-refractivity contribution < 1.29 is 17.9 Å². The van der Waals surface area contributed by atoms with Crippen molar-refractivity contribution in [2.45, 2.75) is 53.8 Å². The molecule has 1 atom stereocenters. The van der Waals surface area contributed by atoms with E-state index in [0.717, 1.165) is 73.7 Å². The van der Waals surface area contributed by atoms with Crippen molar-refractivity contribution in [3.63, 3.8) is 0 Å². The van der Waals surface area contributed by atoms with Crippen molar-refractivity contribution in [2.75, 3.05) is 56.6 Å². The molecule has 190 valence electrons. The summed E-state index contributed by atoms with van der Waals surface area (Å²) in [5.41, 5.74) is 8.94. The van der Waals surface area contributed by atoms with Crippen LogP contribution in [-0.4, -0.2) is 63.4 Å². The van der Waals surface area contributed by atoms with Crippen LogP contribution in [0.5, 0.6) is 0 Å². The number of piperidine rings is 1. The van der Waals surface area contributed by atoms with E-state index in [4.69, 9.17) is 10.5 Å². The standard InChI is InChI=1S/C26H33F3N4OS/c1-34-21-6-10-33(16-21)20-3-2-17-12-22-23(31-19-4-8-32(9-5-19)11-7-30)13-18(26(27,28)29)14-25(22)35-24(17)15-20/h2-3,13-15,19,21,31H,4-12,16,30H2,1H3. The smallest absolute Gasteiger partial charge is 0.382 e. The molecule has 35 heavy (non-hydrogen) atoms. The highest BCUT2D eigenvalue weighted by Gasteiger charge is 2.34. The van der Waals surface area contributed by atoms with E-state index in [0.29, 0.717) is 23.5 Å². The number of alkyl halides is 3. The van der Waals surface area contributed by atoms with Gasteiger partial charge in [-0.25, -0.2) is 0 Å². The molecule has 2 fully saturated rings. The summed E-state index contributed by atoms with van der Waals surface area (Å²) >= 11 is 1.46. The first-order valence-corrected chi connectivity index (χ1v) is 13.2. The zero-order valence-corrected chi connectivity index (χ0v) is 20.9. The molecule has 0 amide bonds. The Morgan fingerprint density at radius 1 is 1.09 bits per heavy atom. The first-order valence-electron chi connectivity index (χ1n) is 12.4. The SMILES string of the molecule is COC1CCN(c2ccc3c(c2)Sc2cc(C(F)(F)F)cc(NC4CCN(CCN)CC4)c2C3)C1. The number of nitrogens with two attached hydrogens (primary N) is 1.